The van der Waals surface area contributed by atoms with E-state index in [4.69, 9.17) is 10.2 Å². The molecule has 7 heteroatoms. The molecule has 1 atom stereocenters. The zero-order valence-corrected chi connectivity index (χ0v) is 9.26. The van der Waals surface area contributed by atoms with Crippen LogP contribution in [-0.4, -0.2) is 42.1 Å². The third-order valence-electron chi connectivity index (χ3n) is 3.14. The summed E-state index contributed by atoms with van der Waals surface area (Å²) in [6, 6.07) is 0. The molecular weight excluding hydrogens is 239 g/mol. The molecule has 0 amide bonds. The number of rotatable bonds is 7. The average molecular weight is 255 g/mol. The van der Waals surface area contributed by atoms with Crippen molar-refractivity contribution in [3.8, 4) is 0 Å². The summed E-state index contributed by atoms with van der Waals surface area (Å²) in [6.07, 6.45) is -2.45. The van der Waals surface area contributed by atoms with Gasteiger partial charge < -0.3 is 15.5 Å². The lowest BCUT2D eigenvalue weighted by Crippen LogP contribution is -2.40. The second kappa shape index (κ2) is 5.22. The van der Waals surface area contributed by atoms with Gasteiger partial charge in [0.25, 0.3) is 0 Å². The Morgan fingerprint density at radius 2 is 2.00 bits per heavy atom. The third kappa shape index (κ3) is 4.16. The van der Waals surface area contributed by atoms with E-state index in [2.05, 4.69) is 5.32 Å². The minimum atomic E-state index is -4.73. The van der Waals surface area contributed by atoms with Gasteiger partial charge in [0.2, 0.25) is 0 Å². The summed E-state index contributed by atoms with van der Waals surface area (Å²) in [5, 5.41) is 19.8. The van der Waals surface area contributed by atoms with E-state index >= 15 is 0 Å². The Bertz CT molecular complexity index is 276. The van der Waals surface area contributed by atoms with Crippen molar-refractivity contribution in [3.63, 3.8) is 0 Å². The van der Waals surface area contributed by atoms with Crippen LogP contribution >= 0.6 is 0 Å². The van der Waals surface area contributed by atoms with Crippen molar-refractivity contribution in [2.45, 2.75) is 25.4 Å². The highest BCUT2D eigenvalue weighted by molar-refractivity contribution is 5.71. The number of aliphatic hydroxyl groups is 1. The maximum Gasteiger partial charge on any atom is 0.403 e. The largest absolute Gasteiger partial charge is 0.481 e. The first-order valence-electron chi connectivity index (χ1n) is 5.42. The highest BCUT2D eigenvalue weighted by Crippen LogP contribution is 2.47. The fourth-order valence-electron chi connectivity index (χ4n) is 1.75. The fourth-order valence-corrected chi connectivity index (χ4v) is 1.75. The summed E-state index contributed by atoms with van der Waals surface area (Å²) in [4.78, 5) is 10.4. The van der Waals surface area contributed by atoms with Gasteiger partial charge in [-0.1, -0.05) is 0 Å². The quantitative estimate of drug-likeness (QED) is 0.635. The van der Waals surface area contributed by atoms with Crippen LogP contribution < -0.4 is 5.32 Å². The van der Waals surface area contributed by atoms with Crippen molar-refractivity contribution >= 4 is 5.97 Å². The lowest BCUT2D eigenvalue weighted by Gasteiger charge is -2.19. The van der Waals surface area contributed by atoms with Gasteiger partial charge in [0.05, 0.1) is 0 Å². The number of aliphatic hydroxyl groups excluding tert-OH is 1. The van der Waals surface area contributed by atoms with Gasteiger partial charge in [0, 0.05) is 19.7 Å². The second-order valence-electron chi connectivity index (χ2n) is 4.54. The Morgan fingerprint density at radius 3 is 2.35 bits per heavy atom. The van der Waals surface area contributed by atoms with Crippen LogP contribution in [0.1, 0.15) is 19.3 Å². The molecule has 0 aromatic carbocycles. The summed E-state index contributed by atoms with van der Waals surface area (Å²) >= 11 is 0. The number of carbonyl (C=O) groups is 1. The van der Waals surface area contributed by atoms with Gasteiger partial charge >= 0.3 is 12.1 Å². The van der Waals surface area contributed by atoms with Crippen LogP contribution in [0.15, 0.2) is 0 Å². The summed E-state index contributed by atoms with van der Waals surface area (Å²) < 4.78 is 36.9. The van der Waals surface area contributed by atoms with Crippen LogP contribution in [0.2, 0.25) is 0 Å². The Labute approximate surface area is 96.8 Å². The predicted octanol–water partition coefficient (Wildman–Crippen LogP) is 1.00. The minimum absolute atomic E-state index is 0.00328. The summed E-state index contributed by atoms with van der Waals surface area (Å²) in [7, 11) is 0. The molecule has 1 rings (SSSR count). The van der Waals surface area contributed by atoms with Crippen LogP contribution in [-0.2, 0) is 4.79 Å². The molecule has 4 nitrogen and oxygen atoms in total. The van der Waals surface area contributed by atoms with E-state index in [1.165, 1.54) is 0 Å². The van der Waals surface area contributed by atoms with Crippen molar-refractivity contribution in [1.82, 2.24) is 5.32 Å². The van der Waals surface area contributed by atoms with E-state index in [0.717, 1.165) is 12.8 Å². The van der Waals surface area contributed by atoms with Crippen molar-refractivity contribution < 1.29 is 28.2 Å². The van der Waals surface area contributed by atoms with Crippen molar-refractivity contribution in [3.05, 3.63) is 0 Å². The van der Waals surface area contributed by atoms with Gasteiger partial charge in [-0.2, -0.15) is 13.2 Å². The van der Waals surface area contributed by atoms with Crippen LogP contribution in [0.25, 0.3) is 0 Å². The molecule has 1 fully saturated rings. The molecule has 1 aliphatic carbocycles. The molecule has 0 heterocycles. The van der Waals surface area contributed by atoms with Crippen molar-refractivity contribution in [2.75, 3.05) is 19.7 Å². The Kier molecular flexibility index (Phi) is 4.37. The molecule has 0 saturated heterocycles. The van der Waals surface area contributed by atoms with Gasteiger partial charge in [-0.25, -0.2) is 0 Å². The molecule has 100 valence electrons. The highest BCUT2D eigenvalue weighted by Gasteiger charge is 2.46. The minimum Gasteiger partial charge on any atom is -0.481 e. The monoisotopic (exact) mass is 255 g/mol. The smallest absolute Gasteiger partial charge is 0.403 e. The maximum atomic E-state index is 12.3. The molecule has 1 aliphatic rings. The molecule has 1 saturated carbocycles. The molecule has 0 bridgehead atoms. The highest BCUT2D eigenvalue weighted by atomic mass is 19.4. The number of hydrogen-bond donors (Lipinski definition) is 3. The lowest BCUT2D eigenvalue weighted by atomic mass is 10.0. The first-order valence-corrected chi connectivity index (χ1v) is 5.42. The number of aliphatic carboxylic acids is 1. The van der Waals surface area contributed by atoms with Crippen LogP contribution in [0.5, 0.6) is 0 Å². The number of carboxylic acid groups (broad SMARTS) is 1. The van der Waals surface area contributed by atoms with Crippen LogP contribution in [0.4, 0.5) is 13.2 Å². The first-order chi connectivity index (χ1) is 7.81. The van der Waals surface area contributed by atoms with E-state index in [-0.39, 0.29) is 12.0 Å². The number of carboxylic acids is 1. The van der Waals surface area contributed by atoms with E-state index in [1.54, 1.807) is 0 Å². The molecular formula is C10H16F3NO3. The van der Waals surface area contributed by atoms with E-state index in [1.807, 2.05) is 0 Å². The number of alkyl halides is 3. The predicted molar refractivity (Wildman–Crippen MR) is 53.4 cm³/mol. The summed E-state index contributed by atoms with van der Waals surface area (Å²) in [6.45, 7) is -0.289. The third-order valence-corrected chi connectivity index (χ3v) is 3.14. The molecule has 0 radical (unpaired) electrons. The molecule has 0 aliphatic heterocycles. The normalized spacial score (nSPS) is 20.0. The molecule has 0 aromatic heterocycles. The first kappa shape index (κ1) is 14.2. The van der Waals surface area contributed by atoms with Gasteiger partial charge in [-0.3, -0.25) is 4.79 Å². The molecule has 1 unspecified atom stereocenters. The number of hydrogen-bond acceptors (Lipinski definition) is 3. The van der Waals surface area contributed by atoms with Crippen molar-refractivity contribution in [2.24, 2.45) is 11.3 Å². The number of nitrogens with one attached hydrogen (secondary N) is 1. The van der Waals surface area contributed by atoms with Crippen LogP contribution in [0, 0.1) is 11.3 Å². The Balaban J connectivity index is 2.36. The second-order valence-corrected chi connectivity index (χ2v) is 4.54. The molecule has 0 aromatic rings. The summed E-state index contributed by atoms with van der Waals surface area (Å²) in [5.41, 5.74) is -0.122. The Morgan fingerprint density at radius 1 is 1.41 bits per heavy atom. The average Bonchev–Trinajstić information content (AvgIpc) is 2.91. The maximum absolute atomic E-state index is 12.3. The summed E-state index contributed by atoms with van der Waals surface area (Å²) in [5.74, 6) is -4.23. The fraction of sp³-hybridized carbons (Fsp3) is 0.900. The zero-order valence-electron chi connectivity index (χ0n) is 9.26. The van der Waals surface area contributed by atoms with Gasteiger partial charge in [-0.05, 0) is 24.7 Å². The van der Waals surface area contributed by atoms with Gasteiger partial charge in [0.1, 0.15) is 0 Å². The van der Waals surface area contributed by atoms with Crippen LogP contribution in [0.3, 0.4) is 0 Å². The zero-order chi connectivity index (χ0) is 13.1. The molecule has 0 spiro atoms. The van der Waals surface area contributed by atoms with Crippen molar-refractivity contribution in [1.29, 1.82) is 0 Å². The van der Waals surface area contributed by atoms with Gasteiger partial charge in [0.15, 0.2) is 5.92 Å². The van der Waals surface area contributed by atoms with E-state index in [0.29, 0.717) is 13.0 Å². The topological polar surface area (TPSA) is 69.6 Å². The van der Waals surface area contributed by atoms with E-state index in [9.17, 15) is 18.0 Å². The molecule has 17 heavy (non-hydrogen) atoms. The lowest BCUT2D eigenvalue weighted by molar-refractivity contribution is -0.192. The van der Waals surface area contributed by atoms with Gasteiger partial charge in [-0.15, -0.1) is 0 Å². The van der Waals surface area contributed by atoms with E-state index < -0.39 is 24.6 Å². The number of halogens is 3. The molecule has 3 N–H and O–H groups in total. The SMILES string of the molecule is O=C(O)C(CNCC1(CCO)CC1)C(F)(F)F. The Hall–Kier alpha value is -0.820. The standard InChI is InChI=1S/C10H16F3NO3/c11-10(12,13)7(8(16)17)5-14-6-9(1-2-9)3-4-15/h7,14-15H,1-6H2,(H,16,17).